The number of esters is 2. The van der Waals surface area contributed by atoms with Gasteiger partial charge in [0.2, 0.25) is 4.67 Å². The van der Waals surface area contributed by atoms with Gasteiger partial charge in [0, 0.05) is 0 Å². The monoisotopic (exact) mass is 522 g/mol. The smallest absolute Gasteiger partial charge is 0.378 e. The van der Waals surface area contributed by atoms with Gasteiger partial charge in [0.15, 0.2) is 0 Å². The number of aryl methyl sites for hydroxylation is 2. The number of nitrogens with zero attached hydrogens (tertiary/aromatic N) is 2. The Kier molecular flexibility index (Phi) is 8.01. The number of hydrogen-bond donors (Lipinski definition) is 0. The Balaban J connectivity index is 0.000000280. The van der Waals surface area contributed by atoms with Crippen LogP contribution >= 0.6 is 31.9 Å². The van der Waals surface area contributed by atoms with Gasteiger partial charge in [0.1, 0.15) is 16.8 Å². The molecule has 28 heavy (non-hydrogen) atoms. The molecule has 10 heteroatoms. The molecule has 0 radical (unpaired) electrons. The van der Waals surface area contributed by atoms with Gasteiger partial charge in [-0.15, -0.1) is 0 Å². The summed E-state index contributed by atoms with van der Waals surface area (Å²) >= 11 is 6.30. The second kappa shape index (κ2) is 9.21. The van der Waals surface area contributed by atoms with Gasteiger partial charge in [0.25, 0.3) is 5.76 Å². The molecule has 0 unspecified atom stereocenters. The van der Waals surface area contributed by atoms with Crippen molar-refractivity contribution in [2.75, 3.05) is 0 Å². The van der Waals surface area contributed by atoms with Crippen molar-refractivity contribution in [1.29, 1.82) is 0 Å². The normalized spacial score (nSPS) is 11.5. The first-order valence-corrected chi connectivity index (χ1v) is 9.91. The molecule has 0 bridgehead atoms. The lowest BCUT2D eigenvalue weighted by Crippen LogP contribution is -2.24. The molecule has 2 heterocycles. The molecule has 0 saturated heterocycles. The summed E-state index contributed by atoms with van der Waals surface area (Å²) in [5.41, 5.74) is 0.453. The van der Waals surface area contributed by atoms with E-state index in [0.717, 1.165) is 0 Å². The van der Waals surface area contributed by atoms with Gasteiger partial charge in [0.05, 0.1) is 15.9 Å². The van der Waals surface area contributed by atoms with Crippen LogP contribution in [0.15, 0.2) is 18.2 Å². The van der Waals surface area contributed by atoms with Crippen molar-refractivity contribution in [2.45, 2.75) is 66.6 Å². The van der Waals surface area contributed by atoms with Crippen LogP contribution in [0, 0.1) is 13.8 Å². The summed E-state index contributed by atoms with van der Waals surface area (Å²) in [7, 11) is 0. The predicted molar refractivity (Wildman–Crippen MR) is 108 cm³/mol. The van der Waals surface area contributed by atoms with E-state index in [1.807, 2.05) is 20.8 Å². The Bertz CT molecular complexity index is 824. The molecule has 2 rings (SSSR count). The van der Waals surface area contributed by atoms with Crippen molar-refractivity contribution in [1.82, 2.24) is 10.3 Å². The predicted octanol–water partition coefficient (Wildman–Crippen LogP) is 5.40. The van der Waals surface area contributed by atoms with Crippen molar-refractivity contribution in [3.05, 3.63) is 31.9 Å². The van der Waals surface area contributed by atoms with E-state index >= 15 is 0 Å². The lowest BCUT2D eigenvalue weighted by Gasteiger charge is -2.18. The molecule has 0 aliphatic carbocycles. The van der Waals surface area contributed by atoms with Crippen molar-refractivity contribution < 1.29 is 28.1 Å². The zero-order valence-corrected chi connectivity index (χ0v) is 20.3. The molecule has 0 fully saturated rings. The maximum atomic E-state index is 11.6. The molecule has 0 saturated carbocycles. The third-order valence-electron chi connectivity index (χ3n) is 2.80. The minimum atomic E-state index is -0.531. The summed E-state index contributed by atoms with van der Waals surface area (Å²) in [6.07, 6.45) is 0. The zero-order chi connectivity index (χ0) is 21.9. The van der Waals surface area contributed by atoms with E-state index in [4.69, 9.17) is 18.5 Å². The number of carbonyl (C=O) groups excluding carboxylic acids is 2. The van der Waals surface area contributed by atoms with Crippen LogP contribution in [-0.2, 0) is 9.47 Å². The van der Waals surface area contributed by atoms with E-state index in [2.05, 4.69) is 42.2 Å². The molecule has 0 aliphatic rings. The Morgan fingerprint density at radius 1 is 0.821 bits per heavy atom. The summed E-state index contributed by atoms with van der Waals surface area (Å²) in [6, 6.07) is 0. The molecular weight excluding hydrogens is 500 g/mol. The minimum absolute atomic E-state index is 0.109. The van der Waals surface area contributed by atoms with Gasteiger partial charge in [-0.05, 0) is 87.2 Å². The maximum Gasteiger partial charge on any atom is 0.378 e. The Hall–Kier alpha value is -1.68. The molecule has 0 spiro atoms. The Morgan fingerprint density at radius 2 is 1.29 bits per heavy atom. The van der Waals surface area contributed by atoms with Crippen LogP contribution in [0.3, 0.4) is 0 Å². The van der Waals surface area contributed by atoms with Crippen molar-refractivity contribution >= 4 is 43.8 Å². The highest BCUT2D eigenvalue weighted by atomic mass is 79.9. The number of halogens is 2. The second-order valence-electron chi connectivity index (χ2n) is 7.83. The molecule has 0 atom stereocenters. The zero-order valence-electron chi connectivity index (χ0n) is 17.1. The van der Waals surface area contributed by atoms with Crippen molar-refractivity contribution in [3.63, 3.8) is 0 Å². The van der Waals surface area contributed by atoms with E-state index in [9.17, 15) is 9.59 Å². The van der Waals surface area contributed by atoms with Gasteiger partial charge in [-0.3, -0.25) is 0 Å². The standard InChI is InChI=1S/2C9H12BrNO3/c1-5-6(10)7(14-11-5)8(12)13-9(2,3)4;1-5-6(7(10)14-11-5)8(12)13-9(2,3)4/h2*1-4H3. The average Bonchev–Trinajstić information content (AvgIpc) is 2.99. The second-order valence-corrected chi connectivity index (χ2v) is 9.34. The number of ether oxygens (including phenoxy) is 2. The minimum Gasteiger partial charge on any atom is -0.456 e. The van der Waals surface area contributed by atoms with Crippen LogP contribution in [0.4, 0.5) is 0 Å². The number of hydrogen-bond acceptors (Lipinski definition) is 8. The molecule has 8 nitrogen and oxygen atoms in total. The van der Waals surface area contributed by atoms with Crippen LogP contribution < -0.4 is 0 Å². The first kappa shape index (κ1) is 24.4. The average molecular weight is 524 g/mol. The van der Waals surface area contributed by atoms with Gasteiger partial charge in [-0.1, -0.05) is 10.3 Å². The van der Waals surface area contributed by atoms with Gasteiger partial charge in [-0.2, -0.15) is 0 Å². The first-order chi connectivity index (χ1) is 12.6. The van der Waals surface area contributed by atoms with Gasteiger partial charge < -0.3 is 18.5 Å². The van der Waals surface area contributed by atoms with Gasteiger partial charge >= 0.3 is 11.9 Å². The fourth-order valence-electron chi connectivity index (χ4n) is 1.71. The molecule has 0 N–H and O–H groups in total. The van der Waals surface area contributed by atoms with E-state index in [-0.39, 0.29) is 5.76 Å². The molecule has 156 valence electrons. The SMILES string of the molecule is Cc1noc(Br)c1C(=O)OC(C)(C)C.Cc1noc(C(=O)OC(C)(C)C)c1Br. The third-order valence-corrected chi connectivity index (χ3v) is 4.27. The first-order valence-electron chi connectivity index (χ1n) is 8.32. The van der Waals surface area contributed by atoms with Crippen molar-refractivity contribution in [3.8, 4) is 0 Å². The van der Waals surface area contributed by atoms with Crippen LogP contribution in [0.1, 0.15) is 73.8 Å². The summed E-state index contributed by atoms with van der Waals surface area (Å²) in [5.74, 6) is -0.828. The lowest BCUT2D eigenvalue weighted by molar-refractivity contribution is 0.00229. The third kappa shape index (κ3) is 7.38. The molecule has 2 aromatic heterocycles. The number of aromatic nitrogens is 2. The highest BCUT2D eigenvalue weighted by molar-refractivity contribution is 9.10. The van der Waals surface area contributed by atoms with E-state index in [1.165, 1.54) is 0 Å². The fraction of sp³-hybridized carbons (Fsp3) is 0.556. The number of rotatable bonds is 2. The van der Waals surface area contributed by atoms with Gasteiger partial charge in [-0.25, -0.2) is 9.59 Å². The molecule has 2 aromatic rings. The molecular formula is C18H24Br2N2O6. The highest BCUT2D eigenvalue weighted by Gasteiger charge is 2.25. The summed E-state index contributed by atoms with van der Waals surface area (Å²) in [5, 5.41) is 7.29. The Morgan fingerprint density at radius 3 is 1.64 bits per heavy atom. The summed E-state index contributed by atoms with van der Waals surface area (Å²) in [4.78, 5) is 23.1. The molecule has 0 aliphatic heterocycles. The van der Waals surface area contributed by atoms with Crippen molar-refractivity contribution in [2.24, 2.45) is 0 Å². The number of carbonyl (C=O) groups is 2. The fourth-order valence-corrected chi connectivity index (χ4v) is 2.54. The molecule has 0 aromatic carbocycles. The lowest BCUT2D eigenvalue weighted by atomic mass is 10.2. The van der Waals surface area contributed by atoms with Crippen LogP contribution in [0.2, 0.25) is 0 Å². The summed E-state index contributed by atoms with van der Waals surface area (Å²) in [6.45, 7) is 14.2. The summed E-state index contributed by atoms with van der Waals surface area (Å²) < 4.78 is 20.8. The molecule has 0 amide bonds. The van der Waals surface area contributed by atoms with E-state index < -0.39 is 23.1 Å². The Labute approximate surface area is 180 Å². The van der Waals surface area contributed by atoms with E-state index in [0.29, 0.717) is 26.1 Å². The highest BCUT2D eigenvalue weighted by Crippen LogP contribution is 2.24. The topological polar surface area (TPSA) is 105 Å². The largest absolute Gasteiger partial charge is 0.456 e. The van der Waals surface area contributed by atoms with Crippen LogP contribution in [0.5, 0.6) is 0 Å². The quantitative estimate of drug-likeness (QED) is 0.481. The van der Waals surface area contributed by atoms with Crippen LogP contribution in [0.25, 0.3) is 0 Å². The maximum absolute atomic E-state index is 11.6. The van der Waals surface area contributed by atoms with Crippen LogP contribution in [-0.4, -0.2) is 33.5 Å². The van der Waals surface area contributed by atoms with E-state index in [1.54, 1.807) is 34.6 Å².